The van der Waals surface area contributed by atoms with Crippen LogP contribution in [0.25, 0.3) is 17.7 Å². The van der Waals surface area contributed by atoms with Crippen LogP contribution in [0, 0.1) is 0 Å². The molecule has 2 N–H and O–H groups in total. The van der Waals surface area contributed by atoms with Gasteiger partial charge in [-0.25, -0.2) is 5.48 Å². The van der Waals surface area contributed by atoms with E-state index in [0.717, 1.165) is 25.9 Å². The molecule has 0 unspecified atom stereocenters. The number of hydroxylamine groups is 1. The zero-order chi connectivity index (χ0) is 21.6. The van der Waals surface area contributed by atoms with Crippen LogP contribution >= 0.6 is 0 Å². The van der Waals surface area contributed by atoms with E-state index in [4.69, 9.17) is 5.21 Å². The fourth-order valence-corrected chi connectivity index (χ4v) is 4.50. The molecule has 5 nitrogen and oxygen atoms in total. The Morgan fingerprint density at radius 3 is 1.97 bits per heavy atom. The van der Waals surface area contributed by atoms with Crippen LogP contribution in [0.3, 0.4) is 0 Å². The van der Waals surface area contributed by atoms with Crippen molar-refractivity contribution in [3.05, 3.63) is 76.4 Å². The quantitative estimate of drug-likeness (QED) is 0.361. The summed E-state index contributed by atoms with van der Waals surface area (Å²) in [5.74, 6) is -0.253. The molecule has 31 heavy (non-hydrogen) atoms. The van der Waals surface area contributed by atoms with Gasteiger partial charge in [0.1, 0.15) is 0 Å². The van der Waals surface area contributed by atoms with E-state index in [0.29, 0.717) is 19.3 Å². The Balaban J connectivity index is 1.49. The van der Waals surface area contributed by atoms with Crippen LogP contribution < -0.4 is 5.48 Å². The van der Waals surface area contributed by atoms with Gasteiger partial charge in [0, 0.05) is 25.9 Å². The molecule has 2 aromatic rings. The third-order valence-electron chi connectivity index (χ3n) is 6.15. The average Bonchev–Trinajstić information content (AvgIpc) is 2.98. The number of amides is 2. The Kier molecular flexibility index (Phi) is 6.63. The maximum absolute atomic E-state index is 12.6. The van der Waals surface area contributed by atoms with Crippen molar-refractivity contribution >= 4 is 29.5 Å². The van der Waals surface area contributed by atoms with Gasteiger partial charge in [-0.05, 0) is 53.5 Å². The number of fused-ring (bicyclic) bond motifs is 2. The fourth-order valence-electron chi connectivity index (χ4n) is 4.50. The summed E-state index contributed by atoms with van der Waals surface area (Å²) in [6, 6.07) is 17.1. The molecule has 0 atom stereocenters. The number of hydrogen-bond donors (Lipinski definition) is 2. The highest BCUT2D eigenvalue weighted by molar-refractivity contribution is 5.95. The van der Waals surface area contributed by atoms with Gasteiger partial charge in [-0.2, -0.15) is 0 Å². The van der Waals surface area contributed by atoms with E-state index in [9.17, 15) is 9.59 Å². The minimum Gasteiger partial charge on any atom is -0.342 e. The normalized spacial score (nSPS) is 15.2. The topological polar surface area (TPSA) is 69.6 Å². The van der Waals surface area contributed by atoms with Crippen molar-refractivity contribution in [2.24, 2.45) is 0 Å². The van der Waals surface area contributed by atoms with Crippen LogP contribution in [0.15, 0.2) is 54.1 Å². The third-order valence-corrected chi connectivity index (χ3v) is 6.15. The first kappa shape index (κ1) is 21.1. The summed E-state index contributed by atoms with van der Waals surface area (Å²) in [5.41, 5.74) is 9.34. The summed E-state index contributed by atoms with van der Waals surface area (Å²) < 4.78 is 0. The van der Waals surface area contributed by atoms with Crippen LogP contribution in [0.1, 0.15) is 60.8 Å². The second-order valence-corrected chi connectivity index (χ2v) is 8.11. The van der Waals surface area contributed by atoms with Gasteiger partial charge in [-0.1, -0.05) is 66.3 Å². The van der Waals surface area contributed by atoms with Crippen molar-refractivity contribution < 1.29 is 14.8 Å². The van der Waals surface area contributed by atoms with Crippen molar-refractivity contribution in [2.45, 2.75) is 38.5 Å². The summed E-state index contributed by atoms with van der Waals surface area (Å²) in [6.45, 7) is 1.46. The van der Waals surface area contributed by atoms with Crippen LogP contribution in [-0.2, 0) is 9.59 Å². The standard InChI is InChI=1S/C26H28N2O3/c29-24(27-31)11-5-6-12-25(30)28-17-15-21(16-18-28)26-22-9-3-1-7-19(22)13-14-20-8-2-4-10-23(20)26/h1-4,7-10,13-14,31H,5-6,11-12,15-18H2,(H,27,29). The Hall–Kier alpha value is -3.18. The number of hydrogen-bond acceptors (Lipinski definition) is 3. The van der Waals surface area contributed by atoms with E-state index in [2.05, 4.69) is 60.7 Å². The van der Waals surface area contributed by atoms with Gasteiger partial charge >= 0.3 is 0 Å². The smallest absolute Gasteiger partial charge is 0.243 e. The summed E-state index contributed by atoms with van der Waals surface area (Å²) in [6.07, 6.45) is 8.07. The lowest BCUT2D eigenvalue weighted by atomic mass is 9.86. The van der Waals surface area contributed by atoms with Crippen molar-refractivity contribution in [3.8, 4) is 0 Å². The highest BCUT2D eigenvalue weighted by atomic mass is 16.5. The van der Waals surface area contributed by atoms with Crippen molar-refractivity contribution in [1.82, 2.24) is 10.4 Å². The van der Waals surface area contributed by atoms with E-state index in [1.54, 1.807) is 5.48 Å². The largest absolute Gasteiger partial charge is 0.342 e. The summed E-state index contributed by atoms with van der Waals surface area (Å²) in [4.78, 5) is 25.6. The number of nitrogens with zero attached hydrogens (tertiary/aromatic N) is 1. The van der Waals surface area contributed by atoms with E-state index in [-0.39, 0.29) is 12.3 Å². The minimum absolute atomic E-state index is 0.150. The number of unbranched alkanes of at least 4 members (excludes halogenated alkanes) is 1. The van der Waals surface area contributed by atoms with Crippen LogP contribution in [0.2, 0.25) is 0 Å². The molecule has 0 aromatic heterocycles. The number of carbonyl (C=O) groups is 2. The van der Waals surface area contributed by atoms with Crippen LogP contribution in [0.4, 0.5) is 0 Å². The molecule has 160 valence electrons. The van der Waals surface area contributed by atoms with Gasteiger partial charge in [0.15, 0.2) is 0 Å². The number of carbonyl (C=O) groups excluding carboxylic acids is 2. The summed E-state index contributed by atoms with van der Waals surface area (Å²) in [5, 5.41) is 8.54. The maximum Gasteiger partial charge on any atom is 0.243 e. The molecule has 1 aliphatic carbocycles. The highest BCUT2D eigenvalue weighted by Gasteiger charge is 2.24. The predicted molar refractivity (Wildman–Crippen MR) is 122 cm³/mol. The monoisotopic (exact) mass is 416 g/mol. The Morgan fingerprint density at radius 1 is 0.839 bits per heavy atom. The molecule has 5 heteroatoms. The molecule has 0 radical (unpaired) electrons. The SMILES string of the molecule is O=C(CCCCC(=O)N1CCC(=C2c3ccccc3C=Cc3ccccc32)CC1)NO. The predicted octanol–water partition coefficient (Wildman–Crippen LogP) is 4.66. The van der Waals surface area contributed by atoms with Gasteiger partial charge < -0.3 is 4.90 Å². The third kappa shape index (κ3) is 4.78. The highest BCUT2D eigenvalue weighted by Crippen LogP contribution is 2.38. The Bertz CT molecular complexity index is 977. The molecular weight excluding hydrogens is 388 g/mol. The van der Waals surface area contributed by atoms with Crippen molar-refractivity contribution in [1.29, 1.82) is 0 Å². The van der Waals surface area contributed by atoms with Gasteiger partial charge in [0.25, 0.3) is 0 Å². The molecule has 0 saturated carbocycles. The molecule has 0 spiro atoms. The number of rotatable bonds is 5. The van der Waals surface area contributed by atoms with E-state index in [1.807, 2.05) is 4.90 Å². The van der Waals surface area contributed by atoms with E-state index >= 15 is 0 Å². The van der Waals surface area contributed by atoms with E-state index in [1.165, 1.54) is 33.4 Å². The second kappa shape index (κ2) is 9.75. The van der Waals surface area contributed by atoms with Crippen molar-refractivity contribution in [3.63, 3.8) is 0 Å². The van der Waals surface area contributed by atoms with Gasteiger partial charge in [0.05, 0.1) is 0 Å². The van der Waals surface area contributed by atoms with Crippen molar-refractivity contribution in [2.75, 3.05) is 13.1 Å². The molecule has 2 amide bonds. The minimum atomic E-state index is -0.403. The lowest BCUT2D eigenvalue weighted by Crippen LogP contribution is -2.36. The first-order chi connectivity index (χ1) is 15.2. The number of piperidine rings is 1. The molecule has 2 aliphatic rings. The second-order valence-electron chi connectivity index (χ2n) is 8.11. The molecule has 1 saturated heterocycles. The molecule has 4 rings (SSSR count). The molecule has 1 aliphatic heterocycles. The first-order valence-corrected chi connectivity index (χ1v) is 11.0. The number of likely N-dealkylation sites (tertiary alicyclic amines) is 1. The molecule has 0 bridgehead atoms. The number of benzene rings is 2. The van der Waals surface area contributed by atoms with Crippen LogP contribution in [0.5, 0.6) is 0 Å². The first-order valence-electron chi connectivity index (χ1n) is 11.0. The zero-order valence-electron chi connectivity index (χ0n) is 17.6. The molecule has 1 heterocycles. The van der Waals surface area contributed by atoms with Crippen LogP contribution in [-0.4, -0.2) is 35.0 Å². The van der Waals surface area contributed by atoms with Gasteiger partial charge in [-0.15, -0.1) is 0 Å². The molecule has 1 fully saturated rings. The lowest BCUT2D eigenvalue weighted by molar-refractivity contribution is -0.132. The Labute approximate surface area is 183 Å². The Morgan fingerprint density at radius 2 is 1.39 bits per heavy atom. The number of nitrogens with one attached hydrogen (secondary N) is 1. The average molecular weight is 417 g/mol. The molecule has 2 aromatic carbocycles. The van der Waals surface area contributed by atoms with Gasteiger partial charge in [-0.3, -0.25) is 14.8 Å². The summed E-state index contributed by atoms with van der Waals surface area (Å²) in [7, 11) is 0. The lowest BCUT2D eigenvalue weighted by Gasteiger charge is -2.30. The van der Waals surface area contributed by atoms with E-state index < -0.39 is 5.91 Å². The maximum atomic E-state index is 12.6. The summed E-state index contributed by atoms with van der Waals surface area (Å²) >= 11 is 0. The van der Waals surface area contributed by atoms with Gasteiger partial charge in [0.2, 0.25) is 11.8 Å². The zero-order valence-corrected chi connectivity index (χ0v) is 17.6. The molecular formula is C26H28N2O3. The fraction of sp³-hybridized carbons (Fsp3) is 0.308.